The Morgan fingerprint density at radius 3 is 2.33 bits per heavy atom. The van der Waals surface area contributed by atoms with E-state index >= 15 is 0 Å². The van der Waals surface area contributed by atoms with Gasteiger partial charge in [0.1, 0.15) is 0 Å². The molecule has 7 nitrogen and oxygen atoms in total. The van der Waals surface area contributed by atoms with Crippen LogP contribution in [0.2, 0.25) is 0 Å². The normalized spacial score (nSPS) is 10.3. The zero-order chi connectivity index (χ0) is 17.9. The summed E-state index contributed by atoms with van der Waals surface area (Å²) in [6.07, 6.45) is 0. The molecule has 0 N–H and O–H groups in total. The standard InChI is InChI=1S/C17H19N3O4/c1-11-15(12(2)20(4)18-11)16(22)17(23)24-10-14(21)19(3)13-8-6-5-7-9-13/h5-9H,10H2,1-4H3. The number of aromatic nitrogens is 2. The quantitative estimate of drug-likeness (QED) is 0.471. The van der Waals surface area contributed by atoms with Gasteiger partial charge in [0.15, 0.2) is 6.61 Å². The highest BCUT2D eigenvalue weighted by Crippen LogP contribution is 2.14. The van der Waals surface area contributed by atoms with Gasteiger partial charge in [0.05, 0.1) is 11.3 Å². The summed E-state index contributed by atoms with van der Waals surface area (Å²) in [6.45, 7) is 2.82. The molecular formula is C17H19N3O4. The van der Waals surface area contributed by atoms with Crippen molar-refractivity contribution in [1.82, 2.24) is 9.78 Å². The number of Topliss-reactive ketones (excluding diaryl/α,β-unsaturated/α-hetero) is 1. The van der Waals surface area contributed by atoms with Crippen LogP contribution in [-0.4, -0.2) is 41.1 Å². The number of ketones is 1. The third-order valence-electron chi connectivity index (χ3n) is 3.77. The summed E-state index contributed by atoms with van der Waals surface area (Å²) < 4.78 is 6.38. The lowest BCUT2D eigenvalue weighted by molar-refractivity contribution is -0.143. The molecule has 1 aromatic heterocycles. The number of nitrogens with zero attached hydrogens (tertiary/aromatic N) is 3. The topological polar surface area (TPSA) is 81.5 Å². The molecule has 1 amide bonds. The summed E-state index contributed by atoms with van der Waals surface area (Å²) in [5.74, 6) is -2.29. The van der Waals surface area contributed by atoms with Crippen LogP contribution >= 0.6 is 0 Å². The van der Waals surface area contributed by atoms with E-state index < -0.39 is 24.3 Å². The van der Waals surface area contributed by atoms with Crippen LogP contribution < -0.4 is 4.90 Å². The fourth-order valence-electron chi connectivity index (χ4n) is 2.29. The second kappa shape index (κ2) is 7.08. The van der Waals surface area contributed by atoms with Crippen molar-refractivity contribution in [2.24, 2.45) is 7.05 Å². The largest absolute Gasteiger partial charge is 0.450 e. The van der Waals surface area contributed by atoms with Crippen molar-refractivity contribution in [2.45, 2.75) is 13.8 Å². The predicted molar refractivity (Wildman–Crippen MR) is 87.8 cm³/mol. The van der Waals surface area contributed by atoms with E-state index in [1.165, 1.54) is 9.58 Å². The average molecular weight is 329 g/mol. The van der Waals surface area contributed by atoms with Crippen molar-refractivity contribution >= 4 is 23.3 Å². The van der Waals surface area contributed by atoms with Gasteiger partial charge in [-0.25, -0.2) is 4.79 Å². The maximum absolute atomic E-state index is 12.2. The van der Waals surface area contributed by atoms with Crippen LogP contribution in [-0.2, 0) is 21.4 Å². The molecule has 2 rings (SSSR count). The van der Waals surface area contributed by atoms with Gasteiger partial charge in [0.25, 0.3) is 11.7 Å². The number of esters is 1. The highest BCUT2D eigenvalue weighted by atomic mass is 16.5. The number of anilines is 1. The zero-order valence-corrected chi connectivity index (χ0v) is 14.1. The molecule has 0 bridgehead atoms. The lowest BCUT2D eigenvalue weighted by Gasteiger charge is -2.16. The SMILES string of the molecule is Cc1nn(C)c(C)c1C(=O)C(=O)OCC(=O)N(C)c1ccccc1. The van der Waals surface area contributed by atoms with Gasteiger partial charge in [-0.3, -0.25) is 14.3 Å². The molecule has 0 radical (unpaired) electrons. The zero-order valence-electron chi connectivity index (χ0n) is 14.1. The number of hydrogen-bond acceptors (Lipinski definition) is 5. The number of amides is 1. The lowest BCUT2D eigenvalue weighted by atomic mass is 10.1. The summed E-state index contributed by atoms with van der Waals surface area (Å²) in [7, 11) is 3.26. The van der Waals surface area contributed by atoms with Gasteiger partial charge in [0, 0.05) is 25.5 Å². The average Bonchev–Trinajstić information content (AvgIpc) is 2.84. The monoisotopic (exact) mass is 329 g/mol. The summed E-state index contributed by atoms with van der Waals surface area (Å²) in [4.78, 5) is 37.6. The molecule has 1 aromatic carbocycles. The molecule has 126 valence electrons. The minimum absolute atomic E-state index is 0.214. The Morgan fingerprint density at radius 2 is 1.79 bits per heavy atom. The first kappa shape index (κ1) is 17.4. The van der Waals surface area contributed by atoms with E-state index in [0.29, 0.717) is 17.1 Å². The molecule has 24 heavy (non-hydrogen) atoms. The van der Waals surface area contributed by atoms with Crippen molar-refractivity contribution in [3.05, 3.63) is 47.3 Å². The summed E-state index contributed by atoms with van der Waals surface area (Å²) >= 11 is 0. The van der Waals surface area contributed by atoms with Crippen LogP contribution in [0, 0.1) is 13.8 Å². The van der Waals surface area contributed by atoms with Gasteiger partial charge >= 0.3 is 5.97 Å². The van der Waals surface area contributed by atoms with Gasteiger partial charge in [-0.05, 0) is 26.0 Å². The third kappa shape index (κ3) is 3.51. The number of para-hydroxylation sites is 1. The van der Waals surface area contributed by atoms with Crippen molar-refractivity contribution < 1.29 is 19.1 Å². The molecule has 0 spiro atoms. The van der Waals surface area contributed by atoms with Crippen molar-refractivity contribution in [1.29, 1.82) is 0 Å². The molecule has 1 heterocycles. The molecule has 0 aliphatic rings. The van der Waals surface area contributed by atoms with Gasteiger partial charge in [-0.2, -0.15) is 5.10 Å². The Labute approximate surface area is 139 Å². The number of hydrogen-bond donors (Lipinski definition) is 0. The number of likely N-dealkylation sites (N-methyl/N-ethyl adjacent to an activating group) is 1. The van der Waals surface area contributed by atoms with Crippen molar-refractivity contribution in [3.63, 3.8) is 0 Å². The molecule has 0 unspecified atom stereocenters. The summed E-state index contributed by atoms with van der Waals surface area (Å²) in [5, 5.41) is 4.09. The highest BCUT2D eigenvalue weighted by Gasteiger charge is 2.26. The smallest absolute Gasteiger partial charge is 0.380 e. The van der Waals surface area contributed by atoms with Gasteiger partial charge in [-0.15, -0.1) is 0 Å². The van der Waals surface area contributed by atoms with Crippen molar-refractivity contribution in [3.8, 4) is 0 Å². The van der Waals surface area contributed by atoms with E-state index in [1.807, 2.05) is 6.07 Å². The fourth-order valence-corrected chi connectivity index (χ4v) is 2.29. The maximum atomic E-state index is 12.2. The minimum atomic E-state index is -1.07. The van der Waals surface area contributed by atoms with E-state index in [2.05, 4.69) is 5.10 Å². The molecule has 0 aliphatic heterocycles. The van der Waals surface area contributed by atoms with E-state index in [4.69, 9.17) is 4.74 Å². The first-order valence-corrected chi connectivity index (χ1v) is 7.36. The molecule has 0 saturated heterocycles. The van der Waals surface area contributed by atoms with E-state index in [1.54, 1.807) is 52.2 Å². The molecule has 7 heteroatoms. The second-order valence-corrected chi connectivity index (χ2v) is 5.36. The van der Waals surface area contributed by atoms with E-state index in [9.17, 15) is 14.4 Å². The molecule has 2 aromatic rings. The second-order valence-electron chi connectivity index (χ2n) is 5.36. The Balaban J connectivity index is 2.00. The van der Waals surface area contributed by atoms with Gasteiger partial charge < -0.3 is 9.64 Å². The first-order valence-electron chi connectivity index (χ1n) is 7.36. The molecule has 0 fully saturated rings. The van der Waals surface area contributed by atoms with Crippen LogP contribution in [0.3, 0.4) is 0 Å². The minimum Gasteiger partial charge on any atom is -0.450 e. The molecule has 0 saturated carbocycles. The molecular weight excluding hydrogens is 310 g/mol. The Kier molecular flexibility index (Phi) is 5.13. The summed E-state index contributed by atoms with van der Waals surface area (Å²) in [6, 6.07) is 8.94. The highest BCUT2D eigenvalue weighted by molar-refractivity contribution is 6.41. The fraction of sp³-hybridized carbons (Fsp3) is 0.294. The number of carbonyl (C=O) groups is 3. The van der Waals surface area contributed by atoms with Crippen molar-refractivity contribution in [2.75, 3.05) is 18.6 Å². The number of rotatable bonds is 5. The van der Waals surface area contributed by atoms with Crippen LogP contribution in [0.4, 0.5) is 5.69 Å². The van der Waals surface area contributed by atoms with Gasteiger partial charge in [0.2, 0.25) is 0 Å². The van der Waals surface area contributed by atoms with Gasteiger partial charge in [-0.1, -0.05) is 18.2 Å². The lowest BCUT2D eigenvalue weighted by Crippen LogP contribution is -2.32. The molecule has 0 atom stereocenters. The van der Waals surface area contributed by atoms with Crippen LogP contribution in [0.25, 0.3) is 0 Å². The Morgan fingerprint density at radius 1 is 1.17 bits per heavy atom. The number of ether oxygens (including phenoxy) is 1. The maximum Gasteiger partial charge on any atom is 0.380 e. The third-order valence-corrected chi connectivity index (χ3v) is 3.77. The summed E-state index contributed by atoms with van der Waals surface area (Å²) in [5.41, 5.74) is 1.90. The predicted octanol–water partition coefficient (Wildman–Crippen LogP) is 1.43. The van der Waals surface area contributed by atoms with E-state index in [0.717, 1.165) is 0 Å². The Hall–Kier alpha value is -2.96. The first-order chi connectivity index (χ1) is 11.3. The molecule has 0 aliphatic carbocycles. The van der Waals surface area contributed by atoms with Crippen LogP contribution in [0.15, 0.2) is 30.3 Å². The number of aryl methyl sites for hydroxylation is 2. The van der Waals surface area contributed by atoms with E-state index in [-0.39, 0.29) is 5.56 Å². The number of carbonyl (C=O) groups excluding carboxylic acids is 3. The Bertz CT molecular complexity index is 781. The number of benzene rings is 1. The van der Waals surface area contributed by atoms with Crippen LogP contribution in [0.5, 0.6) is 0 Å². The van der Waals surface area contributed by atoms with Crippen LogP contribution in [0.1, 0.15) is 21.7 Å².